The Morgan fingerprint density at radius 3 is 1.09 bits per heavy atom. The van der Waals surface area contributed by atoms with Crippen molar-refractivity contribution in [3.8, 4) is 0 Å². The van der Waals surface area contributed by atoms with Crippen LogP contribution in [0.4, 0.5) is 9.59 Å². The molecule has 20 nitrogen and oxygen atoms in total. The van der Waals surface area contributed by atoms with Crippen molar-refractivity contribution < 1.29 is 96.3 Å². The van der Waals surface area contributed by atoms with Crippen LogP contribution in [0.25, 0.3) is 0 Å². The van der Waals surface area contributed by atoms with E-state index in [2.05, 4.69) is 5.32 Å². The number of fused-ring (bicyclic) bond motifs is 4. The second kappa shape index (κ2) is 37.5. The van der Waals surface area contributed by atoms with Crippen LogP contribution in [0, 0.1) is 0 Å². The van der Waals surface area contributed by atoms with Crippen LogP contribution in [0.15, 0.2) is 146 Å². The number of hydrogen-bond donors (Lipinski definition) is 2. The summed E-state index contributed by atoms with van der Waals surface area (Å²) in [5.74, 6) is -2.35. The molecule has 0 aliphatic heterocycles. The fraction of sp³-hybridized carbons (Fsp3) is 0.338. The van der Waals surface area contributed by atoms with E-state index < -0.39 is 28.5 Å². The molecule has 3 N–H and O–H groups in total. The molecule has 4 aliphatic carbocycles. The Balaban J connectivity index is 0.000000233. The van der Waals surface area contributed by atoms with Gasteiger partial charge in [-0.3, -0.25) is 14.4 Å². The quantitative estimate of drug-likeness (QED) is 0.0527. The van der Waals surface area contributed by atoms with Gasteiger partial charge in [-0.05, 0) is 234 Å². The first-order valence-electron chi connectivity index (χ1n) is 32.2. The van der Waals surface area contributed by atoms with E-state index in [4.69, 9.17) is 75.2 Å². The molecule has 7 aromatic carbocycles. The number of rotatable bonds is 11. The number of nitrogens with one attached hydrogen (secondary N) is 1. The number of alkyl carbamates (subject to hydrolysis) is 1. The molecule has 25 heteroatoms. The smallest absolute Gasteiger partial charge is 0.870 e. The molecule has 102 heavy (non-hydrogen) atoms. The zero-order chi connectivity index (χ0) is 73.5. The van der Waals surface area contributed by atoms with Gasteiger partial charge in [0.25, 0.3) is 17.1 Å². The first kappa shape index (κ1) is 83.9. The molecule has 0 aromatic heterocycles. The maximum Gasteiger partial charge on any atom is 1.00 e. The van der Waals surface area contributed by atoms with Gasteiger partial charge >= 0.3 is 54.9 Å². The molecule has 0 spiro atoms. The molecular weight excluding hydrogens is 1390 g/mol. The number of carboxylic acid groups (broad SMARTS) is 1. The SMILES string of the molecule is CN(C(=O)c1ccccc1Cl)C1CCc2ccc(C(=O)O)cc21.COC(=O)c1ccc2c(c1)C(N(C)C(=O)OC(C)(C)C)CC2.COC(=O)c1ccc2c(c1)C(N(C)C(=O)c1ccccc1Cl)CC2.COC(=O)c1ccc2c(c1)C(NC(=O)OC(C)(C)C)CC2.O=C(Cl)c1ccccc1Cl.[Li+].[OH-]. The molecule has 0 fully saturated rings. The number of amides is 4. The Hall–Kier alpha value is -8.71. The Morgan fingerprint density at radius 1 is 0.441 bits per heavy atom. The molecule has 536 valence electrons. The average molecular weight is 1470 g/mol. The Kier molecular flexibility index (Phi) is 30.8. The van der Waals surface area contributed by atoms with Gasteiger partial charge in [0.05, 0.1) is 99.5 Å². The van der Waals surface area contributed by atoms with Gasteiger partial charge in [-0.1, -0.05) is 95.5 Å². The number of nitrogens with zero attached hydrogens (tertiary/aromatic N) is 3. The van der Waals surface area contributed by atoms with E-state index in [0.29, 0.717) is 48.4 Å². The van der Waals surface area contributed by atoms with Gasteiger partial charge in [-0.2, -0.15) is 0 Å². The van der Waals surface area contributed by atoms with Crippen LogP contribution in [-0.2, 0) is 49.4 Å². The maximum absolute atomic E-state index is 12.8. The molecule has 7 aromatic rings. The standard InChI is InChI=1S/C19H18ClNO3.C18H16ClNO3.C17H23NO4.C16H21NO4.C7H4Cl2O.Li.H2O/c1-21(18(22)14-5-3-4-6-16(14)20)17-10-9-12-7-8-13(11-15(12)17)19(23)24-2;1-20(17(21)13-4-2-3-5-15(13)19)16-9-8-11-6-7-12(18(22)23)10-14(11)16;1-17(2,3)22-16(20)18(4)14-9-8-11-6-7-12(10-13(11)14)15(19)21-5;1-16(2,3)21-15(19)17-13-8-7-10-5-6-11(9-12(10)13)14(18)20-4;8-6-4-2-1-3-5(6)7(9)10;;/h3-8,11,17H,9-10H2,1-2H3;2-7,10,16H,8-9H2,1H3,(H,22,23);6-7,10,14H,8-9H2,1-5H3;5-6,9,13H,7-8H2,1-4H3,(H,17,19);1-4H;;1H2/q;;;;;+1;/p-1. The fourth-order valence-corrected chi connectivity index (χ4v) is 12.9. The normalized spacial score (nSPS) is 15.4. The van der Waals surface area contributed by atoms with Crippen LogP contribution in [0.5, 0.6) is 0 Å². The van der Waals surface area contributed by atoms with E-state index in [9.17, 15) is 43.2 Å². The largest absolute Gasteiger partial charge is 1.00 e. The summed E-state index contributed by atoms with van der Waals surface area (Å²) < 4.78 is 25.0. The van der Waals surface area contributed by atoms with E-state index >= 15 is 0 Å². The zero-order valence-corrected chi connectivity index (χ0v) is 62.3. The summed E-state index contributed by atoms with van der Waals surface area (Å²) >= 11 is 23.1. The number of methoxy groups -OCH3 is 3. The van der Waals surface area contributed by atoms with Crippen molar-refractivity contribution in [3.05, 3.63) is 244 Å². The van der Waals surface area contributed by atoms with Crippen LogP contribution in [-0.4, -0.2) is 132 Å². The minimum atomic E-state index is -0.960. The van der Waals surface area contributed by atoms with Gasteiger partial charge in [-0.15, -0.1) is 0 Å². The molecule has 11 rings (SSSR count). The van der Waals surface area contributed by atoms with Gasteiger partial charge in [0, 0.05) is 21.1 Å². The number of aromatic carboxylic acids is 1. The van der Waals surface area contributed by atoms with Crippen LogP contribution in [0.3, 0.4) is 0 Å². The van der Waals surface area contributed by atoms with Crippen LogP contribution in [0.2, 0.25) is 15.1 Å². The van der Waals surface area contributed by atoms with Crippen molar-refractivity contribution >= 4 is 99.5 Å². The summed E-state index contributed by atoms with van der Waals surface area (Å²) in [6, 6.07) is 41.8. The number of halogens is 4. The van der Waals surface area contributed by atoms with E-state index in [-0.39, 0.29) is 89.9 Å². The van der Waals surface area contributed by atoms with E-state index in [1.54, 1.807) is 145 Å². The maximum atomic E-state index is 12.8. The molecule has 4 atom stereocenters. The minimum Gasteiger partial charge on any atom is -0.870 e. The number of carbonyl (C=O) groups is 9. The molecular formula is C77H83Cl4LiN4O16. The summed E-state index contributed by atoms with van der Waals surface area (Å²) in [6.07, 6.45) is 5.91. The molecule has 0 radical (unpaired) electrons. The third-order valence-corrected chi connectivity index (χ3v) is 18.2. The monoisotopic (exact) mass is 1470 g/mol. The topological polar surface area (TPSA) is 272 Å². The molecule has 0 heterocycles. The Morgan fingerprint density at radius 2 is 0.755 bits per heavy atom. The molecule has 0 bridgehead atoms. The van der Waals surface area contributed by atoms with Crippen LogP contribution >= 0.6 is 46.4 Å². The van der Waals surface area contributed by atoms with E-state index in [0.717, 1.165) is 95.9 Å². The number of esters is 3. The first-order chi connectivity index (χ1) is 47.2. The van der Waals surface area contributed by atoms with Gasteiger partial charge in [0.2, 0.25) is 0 Å². The number of carbonyl (C=O) groups excluding carboxylic acids is 8. The Bertz CT molecular complexity index is 4210. The van der Waals surface area contributed by atoms with E-state index in [1.807, 2.05) is 77.9 Å². The van der Waals surface area contributed by atoms with Gasteiger partial charge in [-0.25, -0.2) is 28.8 Å². The van der Waals surface area contributed by atoms with Crippen molar-refractivity contribution in [2.75, 3.05) is 42.5 Å². The molecule has 4 unspecified atom stereocenters. The second-order valence-electron chi connectivity index (χ2n) is 26.0. The van der Waals surface area contributed by atoms with Crippen molar-refractivity contribution in [1.82, 2.24) is 20.0 Å². The average Bonchev–Trinajstić information content (AvgIpc) is 1.81. The third-order valence-electron chi connectivity index (χ3n) is 17.0. The van der Waals surface area contributed by atoms with Crippen LogP contribution < -0.4 is 24.2 Å². The molecule has 4 amide bonds. The van der Waals surface area contributed by atoms with Crippen molar-refractivity contribution in [2.24, 2.45) is 0 Å². The number of hydrogen-bond acceptors (Lipinski definition) is 15. The minimum absolute atomic E-state index is 0. The summed E-state index contributed by atoms with van der Waals surface area (Å²) in [5.41, 5.74) is 10.4. The fourth-order valence-electron chi connectivity index (χ4n) is 12.0. The summed E-state index contributed by atoms with van der Waals surface area (Å²) in [4.78, 5) is 111. The summed E-state index contributed by atoms with van der Waals surface area (Å²) in [7, 11) is 9.32. The van der Waals surface area contributed by atoms with Gasteiger partial charge in [0.15, 0.2) is 0 Å². The number of ether oxygens (including phenoxy) is 5. The van der Waals surface area contributed by atoms with Crippen molar-refractivity contribution in [1.29, 1.82) is 0 Å². The molecule has 4 aliphatic rings. The van der Waals surface area contributed by atoms with Gasteiger partial charge < -0.3 is 54.3 Å². The number of aryl methyl sites for hydroxylation is 4. The predicted molar refractivity (Wildman–Crippen MR) is 385 cm³/mol. The van der Waals surface area contributed by atoms with E-state index in [1.165, 1.54) is 21.3 Å². The van der Waals surface area contributed by atoms with Crippen molar-refractivity contribution in [3.63, 3.8) is 0 Å². The summed E-state index contributed by atoms with van der Waals surface area (Å²) in [6.45, 7) is 11.0. The molecule has 0 saturated carbocycles. The first-order valence-corrected chi connectivity index (χ1v) is 33.7. The number of carboxylic acids is 1. The summed E-state index contributed by atoms with van der Waals surface area (Å²) in [5, 5.41) is 12.8. The predicted octanol–water partition coefficient (Wildman–Crippen LogP) is 13.5. The van der Waals surface area contributed by atoms with Gasteiger partial charge in [0.1, 0.15) is 11.2 Å². The number of benzene rings is 7. The third kappa shape index (κ3) is 21.9. The van der Waals surface area contributed by atoms with Crippen LogP contribution in [0.1, 0.15) is 208 Å². The van der Waals surface area contributed by atoms with Crippen molar-refractivity contribution in [2.45, 2.75) is 128 Å². The Labute approximate surface area is 626 Å². The second-order valence-corrected chi connectivity index (χ2v) is 27.5. The zero-order valence-electron chi connectivity index (χ0n) is 59.3. The molecule has 0 saturated heterocycles.